The number of nitrogens with zero attached hydrogens (tertiary/aromatic N) is 1. The molecule has 2 aromatic heterocycles. The molecule has 2 atom stereocenters. The predicted octanol–water partition coefficient (Wildman–Crippen LogP) is 2.38. The van der Waals surface area contributed by atoms with Crippen molar-refractivity contribution in [1.29, 1.82) is 0 Å². The number of aromatic amines is 1. The van der Waals surface area contributed by atoms with Crippen LogP contribution in [0.2, 0.25) is 0 Å². The molecule has 0 aromatic carbocycles. The quantitative estimate of drug-likeness (QED) is 0.878. The van der Waals surface area contributed by atoms with Gasteiger partial charge in [0.15, 0.2) is 18.0 Å². The molecule has 1 aliphatic rings. The first-order valence-electron chi connectivity index (χ1n) is 7.29. The SMILES string of the molecule is Cc1sc2nc([C@H](C)OC(=O)[C@@H]3CCCO3)[nH]c(=O)c2c1C. The zero-order valence-electron chi connectivity index (χ0n) is 12.8. The zero-order chi connectivity index (χ0) is 15.9. The van der Waals surface area contributed by atoms with E-state index in [1.54, 1.807) is 6.92 Å². The van der Waals surface area contributed by atoms with Gasteiger partial charge < -0.3 is 14.5 Å². The van der Waals surface area contributed by atoms with Crippen LogP contribution in [0.4, 0.5) is 0 Å². The number of carbonyl (C=O) groups excluding carboxylic acids is 1. The van der Waals surface area contributed by atoms with Gasteiger partial charge in [0.25, 0.3) is 5.56 Å². The van der Waals surface area contributed by atoms with Crippen molar-refractivity contribution >= 4 is 27.5 Å². The fraction of sp³-hybridized carbons (Fsp3) is 0.533. The van der Waals surface area contributed by atoms with Crippen LogP contribution in [-0.2, 0) is 14.3 Å². The molecule has 1 aliphatic heterocycles. The van der Waals surface area contributed by atoms with E-state index < -0.39 is 18.2 Å². The van der Waals surface area contributed by atoms with Gasteiger partial charge in [-0.05, 0) is 39.2 Å². The molecule has 3 heterocycles. The third kappa shape index (κ3) is 2.66. The Kier molecular flexibility index (Phi) is 4.01. The number of hydrogen-bond donors (Lipinski definition) is 1. The van der Waals surface area contributed by atoms with E-state index in [0.29, 0.717) is 29.1 Å². The predicted molar refractivity (Wildman–Crippen MR) is 83.2 cm³/mol. The smallest absolute Gasteiger partial charge is 0.335 e. The van der Waals surface area contributed by atoms with E-state index in [1.807, 2.05) is 13.8 Å². The minimum atomic E-state index is -0.614. The van der Waals surface area contributed by atoms with Crippen molar-refractivity contribution in [2.75, 3.05) is 6.61 Å². The molecule has 0 aliphatic carbocycles. The first-order valence-corrected chi connectivity index (χ1v) is 8.11. The highest BCUT2D eigenvalue weighted by atomic mass is 32.1. The summed E-state index contributed by atoms with van der Waals surface area (Å²) in [5.41, 5.74) is 0.756. The topological polar surface area (TPSA) is 81.3 Å². The Morgan fingerprint density at radius 2 is 2.27 bits per heavy atom. The number of H-pyrrole nitrogens is 1. The molecule has 1 fully saturated rings. The lowest BCUT2D eigenvalue weighted by atomic mass is 10.2. The maximum atomic E-state index is 12.2. The van der Waals surface area contributed by atoms with Crippen LogP contribution in [0.25, 0.3) is 10.2 Å². The van der Waals surface area contributed by atoms with Gasteiger partial charge in [-0.1, -0.05) is 0 Å². The van der Waals surface area contributed by atoms with Gasteiger partial charge >= 0.3 is 5.97 Å². The number of thiophene rings is 1. The lowest BCUT2D eigenvalue weighted by molar-refractivity contribution is -0.159. The third-order valence-electron chi connectivity index (χ3n) is 3.93. The van der Waals surface area contributed by atoms with Crippen LogP contribution in [0.5, 0.6) is 0 Å². The molecule has 0 spiro atoms. The Morgan fingerprint density at radius 3 is 2.95 bits per heavy atom. The fourth-order valence-electron chi connectivity index (χ4n) is 2.53. The van der Waals surface area contributed by atoms with Gasteiger partial charge in [-0.2, -0.15) is 0 Å². The zero-order valence-corrected chi connectivity index (χ0v) is 13.6. The molecule has 0 saturated carbocycles. The van der Waals surface area contributed by atoms with Gasteiger partial charge in [-0.3, -0.25) is 4.79 Å². The molecule has 3 rings (SSSR count). The molecule has 6 nitrogen and oxygen atoms in total. The summed E-state index contributed by atoms with van der Waals surface area (Å²) in [4.78, 5) is 33.1. The second-order valence-corrected chi connectivity index (χ2v) is 6.70. The van der Waals surface area contributed by atoms with Crippen LogP contribution in [0.3, 0.4) is 0 Å². The van der Waals surface area contributed by atoms with E-state index in [-0.39, 0.29) is 5.56 Å². The number of nitrogens with one attached hydrogen (secondary N) is 1. The van der Waals surface area contributed by atoms with Crippen LogP contribution in [0, 0.1) is 13.8 Å². The molecule has 0 radical (unpaired) electrons. The standard InChI is InChI=1S/C15H18N2O4S/c1-7-9(3)22-14-11(7)13(18)16-12(17-14)8(2)21-15(19)10-5-4-6-20-10/h8,10H,4-6H2,1-3H3,(H,16,17,18)/t8-,10-/m0/s1. The molecular formula is C15H18N2O4S. The van der Waals surface area contributed by atoms with Crippen molar-refractivity contribution in [3.05, 3.63) is 26.6 Å². The molecule has 0 unspecified atom stereocenters. The summed E-state index contributed by atoms with van der Waals surface area (Å²) >= 11 is 1.47. The normalized spacial score (nSPS) is 19.5. The van der Waals surface area contributed by atoms with E-state index in [4.69, 9.17) is 9.47 Å². The fourth-order valence-corrected chi connectivity index (χ4v) is 3.57. The summed E-state index contributed by atoms with van der Waals surface area (Å²) in [6.45, 7) is 6.15. The first-order chi connectivity index (χ1) is 10.5. The first kappa shape index (κ1) is 15.2. The molecule has 0 bridgehead atoms. The number of ether oxygens (including phenoxy) is 2. The third-order valence-corrected chi connectivity index (χ3v) is 5.03. The van der Waals surface area contributed by atoms with Crippen molar-refractivity contribution in [2.24, 2.45) is 0 Å². The van der Waals surface area contributed by atoms with E-state index in [2.05, 4.69) is 9.97 Å². The highest BCUT2D eigenvalue weighted by Gasteiger charge is 2.27. The summed E-state index contributed by atoms with van der Waals surface area (Å²) in [5.74, 6) is -0.0311. The van der Waals surface area contributed by atoms with Gasteiger partial charge in [0, 0.05) is 11.5 Å². The molecule has 7 heteroatoms. The summed E-state index contributed by atoms with van der Waals surface area (Å²) in [6, 6.07) is 0. The van der Waals surface area contributed by atoms with Crippen LogP contribution in [0.15, 0.2) is 4.79 Å². The highest BCUT2D eigenvalue weighted by molar-refractivity contribution is 7.18. The average Bonchev–Trinajstić information content (AvgIpc) is 3.08. The number of hydrogen-bond acceptors (Lipinski definition) is 6. The van der Waals surface area contributed by atoms with Crippen LogP contribution in [0.1, 0.15) is 42.1 Å². The van der Waals surface area contributed by atoms with Gasteiger partial charge in [-0.15, -0.1) is 11.3 Å². The minimum absolute atomic E-state index is 0.193. The molecule has 1 N–H and O–H groups in total. The van der Waals surface area contributed by atoms with Gasteiger partial charge in [0.05, 0.1) is 5.39 Å². The second-order valence-electron chi connectivity index (χ2n) is 5.50. The number of fused-ring (bicyclic) bond motifs is 1. The van der Waals surface area contributed by atoms with E-state index >= 15 is 0 Å². The minimum Gasteiger partial charge on any atom is -0.453 e. The number of aryl methyl sites for hydroxylation is 2. The summed E-state index contributed by atoms with van der Waals surface area (Å²) in [7, 11) is 0. The molecule has 1 saturated heterocycles. The van der Waals surface area contributed by atoms with Crippen molar-refractivity contribution < 1.29 is 14.3 Å². The Bertz CT molecular complexity index is 774. The van der Waals surface area contributed by atoms with Crippen LogP contribution >= 0.6 is 11.3 Å². The summed E-state index contributed by atoms with van der Waals surface area (Å²) in [5, 5.41) is 0.615. The van der Waals surface area contributed by atoms with Crippen molar-refractivity contribution in [2.45, 2.75) is 45.8 Å². The summed E-state index contributed by atoms with van der Waals surface area (Å²) < 4.78 is 10.7. The number of carbonyl (C=O) groups is 1. The van der Waals surface area contributed by atoms with Crippen molar-refractivity contribution in [3.8, 4) is 0 Å². The van der Waals surface area contributed by atoms with Crippen LogP contribution in [-0.4, -0.2) is 28.6 Å². The Hall–Kier alpha value is -1.73. The Labute approximate surface area is 131 Å². The van der Waals surface area contributed by atoms with Gasteiger partial charge in [0.2, 0.25) is 0 Å². The van der Waals surface area contributed by atoms with E-state index in [1.165, 1.54) is 11.3 Å². The number of esters is 1. The highest BCUT2D eigenvalue weighted by Crippen LogP contribution is 2.27. The van der Waals surface area contributed by atoms with Crippen molar-refractivity contribution in [3.63, 3.8) is 0 Å². The Morgan fingerprint density at radius 1 is 1.50 bits per heavy atom. The lowest BCUT2D eigenvalue weighted by Crippen LogP contribution is -2.25. The van der Waals surface area contributed by atoms with Crippen LogP contribution < -0.4 is 5.56 Å². The maximum absolute atomic E-state index is 12.2. The van der Waals surface area contributed by atoms with Crippen molar-refractivity contribution in [1.82, 2.24) is 9.97 Å². The monoisotopic (exact) mass is 322 g/mol. The molecule has 118 valence electrons. The molecule has 22 heavy (non-hydrogen) atoms. The number of aromatic nitrogens is 2. The largest absolute Gasteiger partial charge is 0.453 e. The number of rotatable bonds is 3. The van der Waals surface area contributed by atoms with E-state index in [9.17, 15) is 9.59 Å². The lowest BCUT2D eigenvalue weighted by Gasteiger charge is -2.15. The molecular weight excluding hydrogens is 304 g/mol. The second kappa shape index (κ2) is 5.81. The summed E-state index contributed by atoms with van der Waals surface area (Å²) in [6.07, 6.45) is 0.432. The van der Waals surface area contributed by atoms with Gasteiger partial charge in [0.1, 0.15) is 4.83 Å². The molecule has 0 amide bonds. The van der Waals surface area contributed by atoms with E-state index in [0.717, 1.165) is 16.9 Å². The molecule has 2 aromatic rings. The maximum Gasteiger partial charge on any atom is 0.335 e. The Balaban J connectivity index is 1.86. The average molecular weight is 322 g/mol. The van der Waals surface area contributed by atoms with Gasteiger partial charge in [-0.25, -0.2) is 9.78 Å².